The Labute approximate surface area is 195 Å². The first-order valence-corrected chi connectivity index (χ1v) is 11.0. The molecule has 0 saturated heterocycles. The number of hydrogen-bond acceptors (Lipinski definition) is 4. The van der Waals surface area contributed by atoms with Gasteiger partial charge in [0, 0.05) is 15.1 Å². The van der Waals surface area contributed by atoms with Crippen LogP contribution in [0.3, 0.4) is 0 Å². The molecule has 5 nitrogen and oxygen atoms in total. The van der Waals surface area contributed by atoms with E-state index < -0.39 is 0 Å². The molecule has 0 radical (unpaired) electrons. The van der Waals surface area contributed by atoms with Gasteiger partial charge in [0.1, 0.15) is 18.1 Å². The summed E-state index contributed by atoms with van der Waals surface area (Å²) >= 11 is 9.36. The predicted octanol–water partition coefficient (Wildman–Crippen LogP) is 6.23. The summed E-state index contributed by atoms with van der Waals surface area (Å²) < 4.78 is 12.5. The lowest BCUT2D eigenvalue weighted by Crippen LogP contribution is -2.18. The van der Waals surface area contributed by atoms with Gasteiger partial charge in [-0.1, -0.05) is 58.7 Å². The van der Waals surface area contributed by atoms with Gasteiger partial charge in [-0.05, 0) is 54.4 Å². The highest BCUT2D eigenvalue weighted by Gasteiger charge is 2.12. The Morgan fingerprint density at radius 2 is 1.84 bits per heavy atom. The number of carbonyl (C=O) groups excluding carboxylic acids is 1. The summed E-state index contributed by atoms with van der Waals surface area (Å²) in [4.78, 5) is 12.7. The summed E-state index contributed by atoms with van der Waals surface area (Å²) in [5.74, 6) is 0.809. The zero-order valence-electron chi connectivity index (χ0n) is 17.0. The number of nitrogens with one attached hydrogen (secondary N) is 1. The number of benzene rings is 3. The molecule has 1 amide bonds. The quantitative estimate of drug-likeness (QED) is 0.279. The van der Waals surface area contributed by atoms with Crippen molar-refractivity contribution in [2.75, 3.05) is 6.61 Å². The zero-order valence-corrected chi connectivity index (χ0v) is 19.3. The van der Waals surface area contributed by atoms with Gasteiger partial charge < -0.3 is 9.47 Å². The standard InChI is InChI=1S/C24H22BrClN2O3/c1-2-13-30-22-12-9-19(25)14-18(22)15-27-28-24(29)21-5-3-4-6-23(21)31-16-17-7-10-20(26)11-8-17/h3-12,14-15H,2,13,16H2,1H3,(H,28,29)/b27-15-. The number of ether oxygens (including phenoxy) is 2. The molecule has 31 heavy (non-hydrogen) atoms. The topological polar surface area (TPSA) is 59.9 Å². The van der Waals surface area contributed by atoms with Crippen LogP contribution in [0.5, 0.6) is 11.5 Å². The first-order chi connectivity index (χ1) is 15.1. The highest BCUT2D eigenvalue weighted by Crippen LogP contribution is 2.22. The second-order valence-corrected chi connectivity index (χ2v) is 7.99. The molecule has 0 aliphatic carbocycles. The van der Waals surface area contributed by atoms with E-state index in [1.165, 1.54) is 0 Å². The molecule has 0 heterocycles. The molecule has 3 aromatic rings. The summed E-state index contributed by atoms with van der Waals surface area (Å²) in [5, 5.41) is 4.76. The Balaban J connectivity index is 1.67. The highest BCUT2D eigenvalue weighted by molar-refractivity contribution is 9.10. The van der Waals surface area contributed by atoms with Gasteiger partial charge in [0.15, 0.2) is 0 Å². The van der Waals surface area contributed by atoms with E-state index in [0.29, 0.717) is 35.3 Å². The first-order valence-electron chi connectivity index (χ1n) is 9.79. The van der Waals surface area contributed by atoms with Crippen LogP contribution in [0.15, 0.2) is 76.3 Å². The summed E-state index contributed by atoms with van der Waals surface area (Å²) in [5.41, 5.74) is 4.66. The van der Waals surface area contributed by atoms with Crippen LogP contribution in [0, 0.1) is 0 Å². The van der Waals surface area contributed by atoms with E-state index in [4.69, 9.17) is 21.1 Å². The summed E-state index contributed by atoms with van der Waals surface area (Å²) in [6.45, 7) is 2.97. The molecule has 0 fully saturated rings. The maximum absolute atomic E-state index is 12.7. The largest absolute Gasteiger partial charge is 0.493 e. The maximum atomic E-state index is 12.7. The van der Waals surface area contributed by atoms with Crippen LogP contribution in [0.2, 0.25) is 5.02 Å². The second-order valence-electron chi connectivity index (χ2n) is 6.64. The van der Waals surface area contributed by atoms with E-state index in [9.17, 15) is 4.79 Å². The second kappa shape index (κ2) is 11.5. The summed E-state index contributed by atoms with van der Waals surface area (Å²) in [7, 11) is 0. The van der Waals surface area contributed by atoms with E-state index in [1.54, 1.807) is 36.5 Å². The van der Waals surface area contributed by atoms with Gasteiger partial charge in [-0.2, -0.15) is 5.10 Å². The lowest BCUT2D eigenvalue weighted by atomic mass is 10.2. The SMILES string of the molecule is CCCOc1ccc(Br)cc1/C=N\NC(=O)c1ccccc1OCc1ccc(Cl)cc1. The maximum Gasteiger partial charge on any atom is 0.275 e. The molecule has 0 bridgehead atoms. The Bertz CT molecular complexity index is 1050. The summed E-state index contributed by atoms with van der Waals surface area (Å²) in [6.07, 6.45) is 2.46. The molecule has 0 aliphatic rings. The van der Waals surface area contributed by atoms with Crippen molar-refractivity contribution >= 4 is 39.7 Å². The van der Waals surface area contributed by atoms with Crippen LogP contribution in [-0.4, -0.2) is 18.7 Å². The van der Waals surface area contributed by atoms with Crippen LogP contribution in [-0.2, 0) is 6.61 Å². The Hall–Kier alpha value is -2.83. The predicted molar refractivity (Wildman–Crippen MR) is 127 cm³/mol. The average molecular weight is 502 g/mol. The molecule has 3 rings (SSSR count). The number of amides is 1. The van der Waals surface area contributed by atoms with Crippen molar-refractivity contribution in [2.45, 2.75) is 20.0 Å². The van der Waals surface area contributed by atoms with Crippen molar-refractivity contribution in [3.8, 4) is 11.5 Å². The fourth-order valence-corrected chi connectivity index (χ4v) is 3.21. The van der Waals surface area contributed by atoms with Gasteiger partial charge in [-0.3, -0.25) is 4.79 Å². The van der Waals surface area contributed by atoms with E-state index in [1.807, 2.05) is 43.3 Å². The molecular weight excluding hydrogens is 480 g/mol. The average Bonchev–Trinajstić information content (AvgIpc) is 2.78. The third-order valence-corrected chi connectivity index (χ3v) is 4.99. The van der Waals surface area contributed by atoms with Crippen LogP contribution in [0.1, 0.15) is 34.8 Å². The molecule has 0 spiro atoms. The number of nitrogens with zero attached hydrogens (tertiary/aromatic N) is 1. The van der Waals surface area contributed by atoms with Gasteiger partial charge in [-0.25, -0.2) is 5.43 Å². The number of hydrazone groups is 1. The minimum absolute atomic E-state index is 0.320. The van der Waals surface area contributed by atoms with Crippen molar-refractivity contribution in [1.82, 2.24) is 5.43 Å². The van der Waals surface area contributed by atoms with Crippen molar-refractivity contribution in [3.05, 3.63) is 92.9 Å². The van der Waals surface area contributed by atoms with Gasteiger partial charge in [0.25, 0.3) is 5.91 Å². The van der Waals surface area contributed by atoms with E-state index in [-0.39, 0.29) is 5.91 Å². The third kappa shape index (κ3) is 6.84. The fourth-order valence-electron chi connectivity index (χ4n) is 2.71. The molecule has 0 saturated carbocycles. The van der Waals surface area contributed by atoms with Crippen LogP contribution in [0.4, 0.5) is 0 Å². The molecule has 0 aliphatic heterocycles. The van der Waals surface area contributed by atoms with Crippen molar-refractivity contribution in [3.63, 3.8) is 0 Å². The molecule has 0 aromatic heterocycles. The normalized spacial score (nSPS) is 10.8. The lowest BCUT2D eigenvalue weighted by Gasteiger charge is -2.11. The molecule has 7 heteroatoms. The number of rotatable bonds is 9. The lowest BCUT2D eigenvalue weighted by molar-refractivity contribution is 0.0950. The van der Waals surface area contributed by atoms with Crippen LogP contribution < -0.4 is 14.9 Å². The Morgan fingerprint density at radius 3 is 2.61 bits per heavy atom. The fraction of sp³-hybridized carbons (Fsp3) is 0.167. The van der Waals surface area contributed by atoms with Crippen LogP contribution >= 0.6 is 27.5 Å². The molecule has 0 atom stereocenters. The van der Waals surface area contributed by atoms with Gasteiger partial charge >= 0.3 is 0 Å². The summed E-state index contributed by atoms with van der Waals surface area (Å²) in [6, 6.07) is 20.0. The minimum Gasteiger partial charge on any atom is -0.493 e. The smallest absolute Gasteiger partial charge is 0.275 e. The molecule has 1 N–H and O–H groups in total. The molecule has 3 aromatic carbocycles. The van der Waals surface area contributed by atoms with Crippen molar-refractivity contribution in [1.29, 1.82) is 0 Å². The van der Waals surface area contributed by atoms with E-state index >= 15 is 0 Å². The highest BCUT2D eigenvalue weighted by atomic mass is 79.9. The van der Waals surface area contributed by atoms with E-state index in [0.717, 1.165) is 22.0 Å². The monoisotopic (exact) mass is 500 g/mol. The number of halogens is 2. The Kier molecular flexibility index (Phi) is 8.50. The van der Waals surface area contributed by atoms with Crippen molar-refractivity contribution in [2.24, 2.45) is 5.10 Å². The van der Waals surface area contributed by atoms with E-state index in [2.05, 4.69) is 26.5 Å². The third-order valence-electron chi connectivity index (χ3n) is 4.24. The number of para-hydroxylation sites is 1. The number of carbonyl (C=O) groups is 1. The first kappa shape index (κ1) is 22.8. The molecular formula is C24H22BrClN2O3. The minimum atomic E-state index is -0.367. The van der Waals surface area contributed by atoms with Gasteiger partial charge in [0.05, 0.1) is 18.4 Å². The molecule has 0 unspecified atom stereocenters. The Morgan fingerprint density at radius 1 is 1.06 bits per heavy atom. The molecule has 160 valence electrons. The van der Waals surface area contributed by atoms with Crippen molar-refractivity contribution < 1.29 is 14.3 Å². The number of hydrogen-bond donors (Lipinski definition) is 1. The zero-order chi connectivity index (χ0) is 22.1. The van der Waals surface area contributed by atoms with Gasteiger partial charge in [0.2, 0.25) is 0 Å². The van der Waals surface area contributed by atoms with Gasteiger partial charge in [-0.15, -0.1) is 0 Å². The van der Waals surface area contributed by atoms with Crippen LogP contribution in [0.25, 0.3) is 0 Å².